The Balaban J connectivity index is 1.01. The number of fused-ring (bicyclic) bond motifs is 8. The molecule has 2 nitrogen and oxygen atoms in total. The fraction of sp³-hybridized carbons (Fsp3) is 0.0323. The number of benzene rings is 11. The summed E-state index contributed by atoms with van der Waals surface area (Å²) in [5.41, 5.74) is 15.0. The van der Waals surface area contributed by atoms with Crippen LogP contribution in [0.15, 0.2) is 241 Å². The summed E-state index contributed by atoms with van der Waals surface area (Å²) in [5.74, 6) is 0. The van der Waals surface area contributed by atoms with Crippen LogP contribution in [0.4, 0.5) is 11.4 Å². The van der Waals surface area contributed by atoms with Crippen molar-refractivity contribution in [2.45, 2.75) is 13.0 Å². The summed E-state index contributed by atoms with van der Waals surface area (Å²) in [6.07, 6.45) is 0.819. The average Bonchev–Trinajstić information content (AvgIpc) is 3.76. The molecule has 0 amide bonds. The zero-order valence-corrected chi connectivity index (χ0v) is 35.3. The van der Waals surface area contributed by atoms with Crippen LogP contribution in [-0.2, 0) is 13.0 Å². The number of anilines is 2. The van der Waals surface area contributed by atoms with Crippen molar-refractivity contribution in [1.29, 1.82) is 0 Å². The third-order valence-corrected chi connectivity index (χ3v) is 13.0. The monoisotopic (exact) mass is 817 g/mol. The van der Waals surface area contributed by atoms with E-state index in [0.29, 0.717) is 6.54 Å². The summed E-state index contributed by atoms with van der Waals surface area (Å²) in [6, 6.07) is 86.0. The fourth-order valence-electron chi connectivity index (χ4n) is 9.88. The summed E-state index contributed by atoms with van der Waals surface area (Å²) >= 11 is 0. The first-order chi connectivity index (χ1) is 31.7. The molecule has 0 atom stereocenters. The lowest BCUT2D eigenvalue weighted by Crippen LogP contribution is -2.17. The molecule has 2 heteroatoms. The van der Waals surface area contributed by atoms with Gasteiger partial charge in [0.2, 0.25) is 0 Å². The van der Waals surface area contributed by atoms with Gasteiger partial charge in [-0.1, -0.05) is 200 Å². The highest BCUT2D eigenvalue weighted by molar-refractivity contribution is 6.17. The van der Waals surface area contributed by atoms with Crippen LogP contribution in [-0.4, -0.2) is 0 Å². The highest BCUT2D eigenvalue weighted by Gasteiger charge is 2.20. The Morgan fingerprint density at radius 2 is 0.922 bits per heavy atom. The molecule has 0 saturated carbocycles. The van der Waals surface area contributed by atoms with Crippen molar-refractivity contribution >= 4 is 65.6 Å². The molecule has 12 aromatic rings. The molecule has 1 aromatic heterocycles. The van der Waals surface area contributed by atoms with E-state index in [9.17, 15) is 0 Å². The van der Waals surface area contributed by atoms with Gasteiger partial charge in [-0.15, -0.1) is 0 Å². The highest BCUT2D eigenvalue weighted by atomic mass is 16.3. The largest absolute Gasteiger partial charge is 0.455 e. The van der Waals surface area contributed by atoms with Crippen LogP contribution in [0.5, 0.6) is 0 Å². The molecular weight excluding hydrogens is 775 g/mol. The molecule has 0 unspecified atom stereocenters. The van der Waals surface area contributed by atoms with Crippen LogP contribution < -0.4 is 4.90 Å². The van der Waals surface area contributed by atoms with E-state index >= 15 is 0 Å². The maximum absolute atomic E-state index is 6.91. The lowest BCUT2D eigenvalue weighted by atomic mass is 9.92. The quantitative estimate of drug-likeness (QED) is 0.135. The second-order valence-corrected chi connectivity index (χ2v) is 16.8. The minimum atomic E-state index is 0.642. The van der Waals surface area contributed by atoms with Gasteiger partial charge in [-0.2, -0.15) is 0 Å². The number of para-hydroxylation sites is 1. The van der Waals surface area contributed by atoms with E-state index in [0.717, 1.165) is 56.2 Å². The number of rotatable bonds is 9. The topological polar surface area (TPSA) is 16.4 Å². The molecule has 64 heavy (non-hydrogen) atoms. The molecule has 0 aliphatic rings. The van der Waals surface area contributed by atoms with Crippen LogP contribution in [0.1, 0.15) is 16.7 Å². The van der Waals surface area contributed by atoms with Crippen molar-refractivity contribution in [2.75, 3.05) is 4.90 Å². The summed E-state index contributed by atoms with van der Waals surface area (Å²) in [5, 5.41) is 9.63. The average molecular weight is 818 g/mol. The Labute approximate surface area is 372 Å². The highest BCUT2D eigenvalue weighted by Crippen LogP contribution is 2.42. The fourth-order valence-corrected chi connectivity index (χ4v) is 9.88. The van der Waals surface area contributed by atoms with E-state index in [2.05, 4.69) is 241 Å². The normalized spacial score (nSPS) is 11.6. The van der Waals surface area contributed by atoms with Gasteiger partial charge < -0.3 is 9.32 Å². The smallest absolute Gasteiger partial charge is 0.143 e. The van der Waals surface area contributed by atoms with Crippen LogP contribution in [0.2, 0.25) is 0 Å². The molecule has 0 spiro atoms. The van der Waals surface area contributed by atoms with Crippen LogP contribution in [0.3, 0.4) is 0 Å². The van der Waals surface area contributed by atoms with Crippen molar-refractivity contribution in [2.24, 2.45) is 0 Å². The Kier molecular flexibility index (Phi) is 9.34. The van der Waals surface area contributed by atoms with Gasteiger partial charge in [-0.05, 0) is 114 Å². The van der Waals surface area contributed by atoms with Gasteiger partial charge in [0.25, 0.3) is 0 Å². The Hall–Kier alpha value is -8.20. The van der Waals surface area contributed by atoms with E-state index in [1.165, 1.54) is 65.9 Å². The van der Waals surface area contributed by atoms with Crippen LogP contribution in [0.25, 0.3) is 87.6 Å². The maximum Gasteiger partial charge on any atom is 0.143 e. The van der Waals surface area contributed by atoms with E-state index in [-0.39, 0.29) is 0 Å². The van der Waals surface area contributed by atoms with Crippen molar-refractivity contribution in [3.05, 3.63) is 253 Å². The predicted molar refractivity (Wildman–Crippen MR) is 271 cm³/mol. The van der Waals surface area contributed by atoms with Crippen molar-refractivity contribution in [3.63, 3.8) is 0 Å². The molecule has 12 rings (SSSR count). The molecule has 0 fully saturated rings. The van der Waals surface area contributed by atoms with E-state index in [4.69, 9.17) is 4.42 Å². The predicted octanol–water partition coefficient (Wildman–Crippen LogP) is 17.0. The molecule has 0 aliphatic heterocycles. The standard InChI is InChI=1S/C62H43NO/c1-3-16-42(17-4-1)38-48-39-50(35-37-51(48)43-18-5-2-6-19-43)63(49-33-30-45(31-34-49)60-40-46-21-8-10-23-52(46)55-26-13-14-27-56(55)60)41-47-22-9-11-24-53(47)57-28-15-29-58-59-36-32-44-20-7-12-25-54(44)61(59)64-62(57)58/h1-37,39-40H,38,41H2. The zero-order valence-electron chi connectivity index (χ0n) is 35.3. The van der Waals surface area contributed by atoms with Gasteiger partial charge in [-0.3, -0.25) is 0 Å². The molecule has 0 N–H and O–H groups in total. The number of nitrogens with zero attached hydrogens (tertiary/aromatic N) is 1. The SMILES string of the molecule is c1ccc(Cc2cc(N(Cc3ccccc3-c3cccc4c3oc3c5ccccc5ccc43)c3ccc(-c4cc5ccccc5c5ccccc45)cc3)ccc2-c2ccccc2)cc1. The molecule has 0 aliphatic carbocycles. The Morgan fingerprint density at radius 1 is 0.312 bits per heavy atom. The number of hydrogen-bond acceptors (Lipinski definition) is 2. The van der Waals surface area contributed by atoms with Gasteiger partial charge in [0, 0.05) is 39.6 Å². The summed E-state index contributed by atoms with van der Waals surface area (Å²) in [6.45, 7) is 0.642. The number of hydrogen-bond donors (Lipinski definition) is 0. The zero-order chi connectivity index (χ0) is 42.4. The number of furan rings is 1. The molecule has 0 radical (unpaired) electrons. The molecule has 302 valence electrons. The molecular formula is C62H43NO. The van der Waals surface area contributed by atoms with Crippen LogP contribution >= 0.6 is 0 Å². The molecule has 1 heterocycles. The van der Waals surface area contributed by atoms with Crippen molar-refractivity contribution in [1.82, 2.24) is 0 Å². The van der Waals surface area contributed by atoms with Gasteiger partial charge in [-0.25, -0.2) is 0 Å². The maximum atomic E-state index is 6.91. The summed E-state index contributed by atoms with van der Waals surface area (Å²) in [7, 11) is 0. The second kappa shape index (κ2) is 15.9. The third-order valence-electron chi connectivity index (χ3n) is 13.0. The minimum Gasteiger partial charge on any atom is -0.455 e. The Morgan fingerprint density at radius 3 is 1.75 bits per heavy atom. The van der Waals surface area contributed by atoms with Crippen molar-refractivity contribution < 1.29 is 4.42 Å². The lowest BCUT2D eigenvalue weighted by molar-refractivity contribution is 0.673. The summed E-state index contributed by atoms with van der Waals surface area (Å²) in [4.78, 5) is 2.48. The van der Waals surface area contributed by atoms with Gasteiger partial charge in [0.05, 0.1) is 0 Å². The minimum absolute atomic E-state index is 0.642. The van der Waals surface area contributed by atoms with Crippen molar-refractivity contribution in [3.8, 4) is 33.4 Å². The Bertz CT molecular complexity index is 3660. The van der Waals surface area contributed by atoms with E-state index < -0.39 is 0 Å². The third kappa shape index (κ3) is 6.68. The van der Waals surface area contributed by atoms with Gasteiger partial charge in [0.15, 0.2) is 0 Å². The first kappa shape index (κ1) is 37.6. The van der Waals surface area contributed by atoms with E-state index in [1.807, 2.05) is 0 Å². The van der Waals surface area contributed by atoms with Crippen LogP contribution in [0, 0.1) is 0 Å². The van der Waals surface area contributed by atoms with Gasteiger partial charge in [0.1, 0.15) is 11.2 Å². The summed E-state index contributed by atoms with van der Waals surface area (Å²) < 4.78 is 6.91. The first-order valence-corrected chi connectivity index (χ1v) is 22.2. The second-order valence-electron chi connectivity index (χ2n) is 16.8. The lowest BCUT2D eigenvalue weighted by Gasteiger charge is -2.28. The van der Waals surface area contributed by atoms with Gasteiger partial charge >= 0.3 is 0 Å². The first-order valence-electron chi connectivity index (χ1n) is 22.2. The van der Waals surface area contributed by atoms with E-state index in [1.54, 1.807) is 0 Å². The molecule has 0 saturated heterocycles. The molecule has 0 bridgehead atoms. The molecule has 11 aromatic carbocycles.